The van der Waals surface area contributed by atoms with Gasteiger partial charge in [0.25, 0.3) is 6.26 Å². The molecular weight excluding hydrogens is 546 g/mol. The van der Waals surface area contributed by atoms with Crippen molar-refractivity contribution >= 4 is 6.08 Å². The first-order valence-corrected chi connectivity index (χ1v) is 16.9. The highest BCUT2D eigenvalue weighted by Crippen LogP contribution is 2.26. The molecule has 10 heteroatoms. The summed E-state index contributed by atoms with van der Waals surface area (Å²) >= 11 is 0. The fourth-order valence-corrected chi connectivity index (χ4v) is 6.13. The van der Waals surface area contributed by atoms with Gasteiger partial charge in [-0.2, -0.15) is 5.26 Å². The van der Waals surface area contributed by atoms with Crippen molar-refractivity contribution in [1.82, 2.24) is 13.7 Å². The molecule has 0 N–H and O–H groups in total. The van der Waals surface area contributed by atoms with E-state index >= 15 is 0 Å². The van der Waals surface area contributed by atoms with E-state index in [-0.39, 0.29) is 19.6 Å². The molecule has 0 unspecified atom stereocenters. The first kappa shape index (κ1) is 38.1. The lowest BCUT2D eigenvalue weighted by Gasteiger charge is -2.19. The van der Waals surface area contributed by atoms with Crippen LogP contribution in [-0.2, 0) is 29.2 Å². The van der Waals surface area contributed by atoms with Crippen molar-refractivity contribution < 1.29 is 9.53 Å². The molecule has 0 aliphatic heterocycles. The molecule has 0 aromatic carbocycles. The molecule has 1 heterocycles. The summed E-state index contributed by atoms with van der Waals surface area (Å²) < 4.78 is 7.87. The van der Waals surface area contributed by atoms with Crippen LogP contribution in [0.15, 0.2) is 19.4 Å². The molecule has 43 heavy (non-hydrogen) atoms. The maximum absolute atomic E-state index is 11.7. The molecule has 244 valence electrons. The summed E-state index contributed by atoms with van der Waals surface area (Å²) in [6.07, 6.45) is 25.3. The molecule has 1 aromatic heterocycles. The molecule has 1 aromatic rings. The minimum atomic E-state index is -0.528. The number of nitriles is 1. The normalized spacial score (nSPS) is 17.4. The lowest BCUT2D eigenvalue weighted by molar-refractivity contribution is 0.179. The second kappa shape index (κ2) is 23.5. The first-order chi connectivity index (χ1) is 20.9. The van der Waals surface area contributed by atoms with E-state index in [1.54, 1.807) is 33.1 Å². The van der Waals surface area contributed by atoms with E-state index in [1.165, 1.54) is 103 Å². The predicted octanol–water partition coefficient (Wildman–Crippen LogP) is 6.17. The van der Waals surface area contributed by atoms with Gasteiger partial charge >= 0.3 is 17.1 Å². The molecule has 0 amide bonds. The Bertz CT molecular complexity index is 1030. The van der Waals surface area contributed by atoms with Crippen molar-refractivity contribution in [1.29, 1.82) is 5.26 Å². The number of carbonyl (C=O) groups excluding carboxylic acids is 1. The van der Waals surface area contributed by atoms with Gasteiger partial charge in [0, 0.05) is 19.6 Å². The molecule has 0 radical (unpaired) electrons. The average Bonchev–Trinajstić information content (AvgIpc) is 3.05. The average molecular weight is 604 g/mol. The molecule has 0 spiro atoms. The van der Waals surface area contributed by atoms with Gasteiger partial charge in [-0.3, -0.25) is 0 Å². The van der Waals surface area contributed by atoms with E-state index < -0.39 is 17.1 Å². The number of aliphatic imine (C=N–C) groups is 1. The number of nitrogens with zero attached hydrogens (tertiary/aromatic N) is 5. The van der Waals surface area contributed by atoms with Crippen LogP contribution in [-0.4, -0.2) is 32.9 Å². The van der Waals surface area contributed by atoms with Crippen LogP contribution in [0.3, 0.4) is 0 Å². The number of hydrogen-bond acceptors (Lipinski definition) is 7. The second-order valence-corrected chi connectivity index (χ2v) is 11.8. The van der Waals surface area contributed by atoms with E-state index in [0.29, 0.717) is 25.0 Å². The van der Waals surface area contributed by atoms with Gasteiger partial charge in [0.2, 0.25) is 6.08 Å². The molecule has 4 rings (SSSR count). The smallest absolute Gasteiger partial charge is 0.336 e. The summed E-state index contributed by atoms with van der Waals surface area (Å²) in [6, 6.07) is 0. The van der Waals surface area contributed by atoms with Gasteiger partial charge in [-0.25, -0.2) is 37.9 Å². The highest BCUT2D eigenvalue weighted by Gasteiger charge is 2.14. The lowest BCUT2D eigenvalue weighted by atomic mass is 9.88. The number of aromatic nitrogens is 3. The van der Waals surface area contributed by atoms with E-state index in [2.05, 4.69) is 16.7 Å². The SMILES string of the molecule is CCC1CCCCC1.CCn1c(=O)n(CC)c(=O)n(CC)c1=O.N#COCC1CCCCC1.O=C=NCC1CCCCC1. The molecule has 3 aliphatic rings. The van der Waals surface area contributed by atoms with Crippen molar-refractivity contribution in [3.8, 4) is 6.26 Å². The van der Waals surface area contributed by atoms with Gasteiger partial charge in [0.05, 0.1) is 6.54 Å². The van der Waals surface area contributed by atoms with Crippen LogP contribution in [0.25, 0.3) is 0 Å². The zero-order chi connectivity index (χ0) is 31.9. The third-order valence-electron chi connectivity index (χ3n) is 8.88. The molecule has 0 atom stereocenters. The minimum absolute atomic E-state index is 0.276. The van der Waals surface area contributed by atoms with Crippen LogP contribution in [0.2, 0.25) is 0 Å². The number of isocyanates is 1. The Labute approximate surface area is 258 Å². The van der Waals surface area contributed by atoms with E-state index in [9.17, 15) is 19.2 Å². The van der Waals surface area contributed by atoms with Crippen LogP contribution in [0.4, 0.5) is 0 Å². The zero-order valence-corrected chi connectivity index (χ0v) is 27.4. The summed E-state index contributed by atoms with van der Waals surface area (Å²) in [5, 5.41) is 8.12. The summed E-state index contributed by atoms with van der Waals surface area (Å²) in [5.41, 5.74) is -1.58. The van der Waals surface area contributed by atoms with Crippen LogP contribution in [0, 0.1) is 29.3 Å². The van der Waals surface area contributed by atoms with Gasteiger partial charge < -0.3 is 4.74 Å². The largest absolute Gasteiger partial charge is 0.427 e. The highest BCUT2D eigenvalue weighted by molar-refractivity contribution is 5.32. The molecule has 3 aliphatic carbocycles. The zero-order valence-electron chi connectivity index (χ0n) is 27.4. The Morgan fingerprint density at radius 3 is 1.33 bits per heavy atom. The monoisotopic (exact) mass is 603 g/mol. The van der Waals surface area contributed by atoms with Crippen LogP contribution >= 0.6 is 0 Å². The van der Waals surface area contributed by atoms with Crippen molar-refractivity contribution in [3.05, 3.63) is 31.5 Å². The Morgan fingerprint density at radius 1 is 0.651 bits per heavy atom. The molecule has 0 saturated heterocycles. The van der Waals surface area contributed by atoms with Gasteiger partial charge in [-0.1, -0.05) is 84.0 Å². The maximum atomic E-state index is 11.7. The van der Waals surface area contributed by atoms with Crippen LogP contribution in [0.5, 0.6) is 0 Å². The van der Waals surface area contributed by atoms with E-state index in [0.717, 1.165) is 19.6 Å². The fourth-order valence-electron chi connectivity index (χ4n) is 6.13. The van der Waals surface area contributed by atoms with Crippen molar-refractivity contribution in [3.63, 3.8) is 0 Å². The van der Waals surface area contributed by atoms with Crippen molar-refractivity contribution in [2.75, 3.05) is 13.2 Å². The Hall–Kier alpha value is -2.92. The van der Waals surface area contributed by atoms with Gasteiger partial charge in [0.15, 0.2) is 0 Å². The second-order valence-electron chi connectivity index (χ2n) is 11.8. The van der Waals surface area contributed by atoms with Gasteiger partial charge in [-0.15, -0.1) is 0 Å². The third kappa shape index (κ3) is 14.4. The molecule has 10 nitrogen and oxygen atoms in total. The molecular formula is C33H57N5O5. The Morgan fingerprint density at radius 2 is 1.02 bits per heavy atom. The van der Waals surface area contributed by atoms with Crippen LogP contribution in [0.1, 0.15) is 130 Å². The predicted molar refractivity (Wildman–Crippen MR) is 171 cm³/mol. The quantitative estimate of drug-likeness (QED) is 0.198. The summed E-state index contributed by atoms with van der Waals surface area (Å²) in [5.74, 6) is 2.42. The van der Waals surface area contributed by atoms with Gasteiger partial charge in [0.1, 0.15) is 6.61 Å². The van der Waals surface area contributed by atoms with Crippen LogP contribution < -0.4 is 17.1 Å². The molecule has 0 bridgehead atoms. The summed E-state index contributed by atoms with van der Waals surface area (Å²) in [4.78, 5) is 48.3. The highest BCUT2D eigenvalue weighted by atomic mass is 16.5. The standard InChI is InChI=1S/C9H15N3O3.2C8H13NO.C8H16/c1-4-10-7(13)11(5-2)9(15)12(6-3)8(10)14;9-7-10-6-8-4-2-1-3-5-8;10-7-9-6-8-4-2-1-3-5-8;1-2-8-6-4-3-5-7-8/h4-6H2,1-3H3;2*8H,1-6H2;8H,2-7H2,1H3. The minimum Gasteiger partial charge on any atom is -0.427 e. The molecule has 3 fully saturated rings. The maximum Gasteiger partial charge on any atom is 0.336 e. The van der Waals surface area contributed by atoms with Crippen molar-refractivity contribution in [2.24, 2.45) is 22.7 Å². The fraction of sp³-hybridized carbons (Fsp3) is 0.848. The number of rotatable bonds is 8. The molecule has 3 saturated carbocycles. The number of hydrogen-bond donors (Lipinski definition) is 0. The first-order valence-electron chi connectivity index (χ1n) is 16.9. The lowest BCUT2D eigenvalue weighted by Crippen LogP contribution is -2.53. The third-order valence-corrected chi connectivity index (χ3v) is 8.88. The van der Waals surface area contributed by atoms with E-state index in [1.807, 2.05) is 0 Å². The Kier molecular flexibility index (Phi) is 20.8. The summed E-state index contributed by atoms with van der Waals surface area (Å²) in [6.45, 7) is 9.61. The van der Waals surface area contributed by atoms with Gasteiger partial charge in [-0.05, 0) is 64.2 Å². The van der Waals surface area contributed by atoms with E-state index in [4.69, 9.17) is 5.26 Å². The summed E-state index contributed by atoms with van der Waals surface area (Å²) in [7, 11) is 0. The van der Waals surface area contributed by atoms with Crippen molar-refractivity contribution in [2.45, 2.75) is 150 Å². The topological polar surface area (TPSA) is 128 Å². The number of ether oxygens (including phenoxy) is 1. The Balaban J connectivity index is 0.000000295.